The van der Waals surface area contributed by atoms with Crippen molar-refractivity contribution in [2.45, 2.75) is 11.8 Å². The number of pyridine rings is 1. The third kappa shape index (κ3) is 3.26. The maximum absolute atomic E-state index is 11.5. The van der Waals surface area contributed by atoms with Gasteiger partial charge in [-0.15, -0.1) is 0 Å². The van der Waals surface area contributed by atoms with Crippen LogP contribution in [0.4, 0.5) is 5.69 Å². The summed E-state index contributed by atoms with van der Waals surface area (Å²) in [6.45, 7) is 1.44. The van der Waals surface area contributed by atoms with Gasteiger partial charge in [0, 0.05) is 40.6 Å². The largest absolute Gasteiger partial charge is 0.326 e. The van der Waals surface area contributed by atoms with Gasteiger partial charge in [0.1, 0.15) is 0 Å². The predicted molar refractivity (Wildman–Crippen MR) is 76.3 cm³/mol. The zero-order chi connectivity index (χ0) is 13.8. The molecule has 0 radical (unpaired) electrons. The fourth-order valence-electron chi connectivity index (χ4n) is 1.74. The van der Waals surface area contributed by atoms with Crippen molar-refractivity contribution in [1.29, 1.82) is 0 Å². The lowest BCUT2D eigenvalue weighted by molar-refractivity contribution is -0.114. The van der Waals surface area contributed by atoms with Crippen LogP contribution in [0.15, 0.2) is 47.5 Å². The van der Waals surface area contributed by atoms with Gasteiger partial charge in [0.05, 0.1) is 11.4 Å². The zero-order valence-corrected chi connectivity index (χ0v) is 11.5. The van der Waals surface area contributed by atoms with E-state index in [9.17, 15) is 9.00 Å². The van der Waals surface area contributed by atoms with Gasteiger partial charge in [-0.3, -0.25) is 14.0 Å². The Labute approximate surface area is 114 Å². The van der Waals surface area contributed by atoms with Gasteiger partial charge < -0.3 is 5.32 Å². The average molecular weight is 274 g/mol. The molecule has 1 N–H and O–H groups in total. The fourth-order valence-corrected chi connectivity index (χ4v) is 2.28. The molecule has 0 bridgehead atoms. The molecule has 0 aliphatic heterocycles. The monoisotopic (exact) mass is 274 g/mol. The maximum atomic E-state index is 11.5. The second kappa shape index (κ2) is 5.75. The Morgan fingerprint density at radius 2 is 2.05 bits per heavy atom. The lowest BCUT2D eigenvalue weighted by Gasteiger charge is -2.11. The van der Waals surface area contributed by atoms with Crippen molar-refractivity contribution in [3.8, 4) is 11.3 Å². The Bertz CT molecular complexity index is 627. The molecule has 0 aliphatic carbocycles. The highest BCUT2D eigenvalue weighted by Gasteiger charge is 2.10. The number of hydrogen-bond acceptors (Lipinski definition) is 3. The number of anilines is 1. The van der Waals surface area contributed by atoms with Gasteiger partial charge >= 0.3 is 0 Å². The van der Waals surface area contributed by atoms with Crippen LogP contribution < -0.4 is 5.32 Å². The summed E-state index contributed by atoms with van der Waals surface area (Å²) in [6, 6.07) is 10.9. The van der Waals surface area contributed by atoms with E-state index in [2.05, 4.69) is 10.3 Å². The molecule has 19 heavy (non-hydrogen) atoms. The molecule has 2 aromatic rings. The maximum Gasteiger partial charge on any atom is 0.221 e. The molecule has 0 spiro atoms. The quantitative estimate of drug-likeness (QED) is 0.935. The molecule has 1 amide bonds. The minimum Gasteiger partial charge on any atom is -0.326 e. The van der Waals surface area contributed by atoms with Crippen molar-refractivity contribution >= 4 is 22.4 Å². The van der Waals surface area contributed by atoms with Gasteiger partial charge in [-0.05, 0) is 30.3 Å². The molecule has 1 unspecified atom stereocenters. The fraction of sp³-hybridized carbons (Fsp3) is 0.143. The highest BCUT2D eigenvalue weighted by molar-refractivity contribution is 7.84. The molecule has 0 saturated heterocycles. The number of rotatable bonds is 3. The van der Waals surface area contributed by atoms with E-state index in [0.29, 0.717) is 10.6 Å². The first-order chi connectivity index (χ1) is 9.08. The van der Waals surface area contributed by atoms with E-state index in [-0.39, 0.29) is 5.91 Å². The van der Waals surface area contributed by atoms with E-state index >= 15 is 0 Å². The molecule has 4 nitrogen and oxygen atoms in total. The van der Waals surface area contributed by atoms with E-state index in [4.69, 9.17) is 0 Å². The molecule has 0 aliphatic rings. The lowest BCUT2D eigenvalue weighted by Crippen LogP contribution is -2.08. The SMILES string of the molecule is CC(=O)Nc1cc(S(C)=O)ccc1-c1ccccn1. The molecule has 98 valence electrons. The van der Waals surface area contributed by atoms with Crippen LogP contribution in [0.3, 0.4) is 0 Å². The standard InChI is InChI=1S/C14H14N2O2S/c1-10(17)16-14-9-11(19(2)18)6-7-12(14)13-5-3-4-8-15-13/h3-9H,1-2H3,(H,16,17). The summed E-state index contributed by atoms with van der Waals surface area (Å²) < 4.78 is 11.5. The molecular formula is C14H14N2O2S. The van der Waals surface area contributed by atoms with Crippen LogP contribution in [0.2, 0.25) is 0 Å². The lowest BCUT2D eigenvalue weighted by atomic mass is 10.1. The van der Waals surface area contributed by atoms with E-state index in [1.54, 1.807) is 24.6 Å². The summed E-state index contributed by atoms with van der Waals surface area (Å²) in [5, 5.41) is 2.75. The number of amides is 1. The predicted octanol–water partition coefficient (Wildman–Crippen LogP) is 2.44. The number of carbonyl (C=O) groups is 1. The first-order valence-corrected chi connectivity index (χ1v) is 7.30. The molecule has 1 atom stereocenters. The van der Waals surface area contributed by atoms with Gasteiger partial charge in [-0.2, -0.15) is 0 Å². The third-order valence-corrected chi connectivity index (χ3v) is 3.49. The number of nitrogens with zero attached hydrogens (tertiary/aromatic N) is 1. The summed E-state index contributed by atoms with van der Waals surface area (Å²) >= 11 is 0. The van der Waals surface area contributed by atoms with Crippen LogP contribution in [0.25, 0.3) is 11.3 Å². The number of benzene rings is 1. The normalized spacial score (nSPS) is 11.9. The first kappa shape index (κ1) is 13.4. The Balaban J connectivity index is 2.54. The minimum atomic E-state index is -1.09. The highest BCUT2D eigenvalue weighted by atomic mass is 32.2. The zero-order valence-electron chi connectivity index (χ0n) is 10.7. The van der Waals surface area contributed by atoms with Gasteiger partial charge in [0.2, 0.25) is 5.91 Å². The number of hydrogen-bond donors (Lipinski definition) is 1. The van der Waals surface area contributed by atoms with E-state index < -0.39 is 10.8 Å². The molecule has 1 aromatic heterocycles. The Kier molecular flexibility index (Phi) is 4.06. The second-order valence-electron chi connectivity index (χ2n) is 4.06. The van der Waals surface area contributed by atoms with Crippen LogP contribution in [0.1, 0.15) is 6.92 Å². The summed E-state index contributed by atoms with van der Waals surface area (Å²) in [6.07, 6.45) is 3.30. The summed E-state index contributed by atoms with van der Waals surface area (Å²) in [5.74, 6) is -0.170. The van der Waals surface area contributed by atoms with E-state index in [1.165, 1.54) is 6.92 Å². The molecular weight excluding hydrogens is 260 g/mol. The van der Waals surface area contributed by atoms with Crippen LogP contribution in [-0.4, -0.2) is 21.4 Å². The molecule has 1 heterocycles. The van der Waals surface area contributed by atoms with Crippen molar-refractivity contribution in [3.63, 3.8) is 0 Å². The van der Waals surface area contributed by atoms with Gasteiger partial charge in [0.25, 0.3) is 0 Å². The van der Waals surface area contributed by atoms with Crippen molar-refractivity contribution in [2.75, 3.05) is 11.6 Å². The highest BCUT2D eigenvalue weighted by Crippen LogP contribution is 2.28. The Morgan fingerprint density at radius 1 is 1.26 bits per heavy atom. The van der Waals surface area contributed by atoms with Crippen molar-refractivity contribution in [1.82, 2.24) is 4.98 Å². The molecule has 0 saturated carbocycles. The van der Waals surface area contributed by atoms with Crippen LogP contribution in [-0.2, 0) is 15.6 Å². The average Bonchev–Trinajstić information content (AvgIpc) is 2.39. The number of aromatic nitrogens is 1. The topological polar surface area (TPSA) is 59.1 Å². The van der Waals surface area contributed by atoms with E-state index in [0.717, 1.165) is 11.3 Å². The van der Waals surface area contributed by atoms with Gasteiger partial charge in [-0.1, -0.05) is 6.07 Å². The van der Waals surface area contributed by atoms with Gasteiger partial charge in [0.15, 0.2) is 0 Å². The molecule has 2 rings (SSSR count). The van der Waals surface area contributed by atoms with Crippen molar-refractivity contribution in [2.24, 2.45) is 0 Å². The van der Waals surface area contributed by atoms with Crippen molar-refractivity contribution < 1.29 is 9.00 Å². The number of carbonyl (C=O) groups excluding carboxylic acids is 1. The summed E-state index contributed by atoms with van der Waals surface area (Å²) in [5.41, 5.74) is 2.20. The summed E-state index contributed by atoms with van der Waals surface area (Å²) in [7, 11) is -1.09. The van der Waals surface area contributed by atoms with Gasteiger partial charge in [-0.25, -0.2) is 0 Å². The second-order valence-corrected chi connectivity index (χ2v) is 5.44. The van der Waals surface area contributed by atoms with E-state index in [1.807, 2.05) is 24.3 Å². The van der Waals surface area contributed by atoms with Crippen LogP contribution in [0, 0.1) is 0 Å². The minimum absolute atomic E-state index is 0.170. The van der Waals surface area contributed by atoms with Crippen molar-refractivity contribution in [3.05, 3.63) is 42.6 Å². The third-order valence-electron chi connectivity index (χ3n) is 2.57. The summed E-state index contributed by atoms with van der Waals surface area (Å²) in [4.78, 5) is 16.2. The molecule has 5 heteroatoms. The molecule has 0 fully saturated rings. The Morgan fingerprint density at radius 3 is 2.63 bits per heavy atom. The Hall–Kier alpha value is -2.01. The first-order valence-electron chi connectivity index (χ1n) is 5.74. The molecule has 1 aromatic carbocycles. The van der Waals surface area contributed by atoms with Crippen LogP contribution in [0.5, 0.6) is 0 Å². The smallest absolute Gasteiger partial charge is 0.221 e. The van der Waals surface area contributed by atoms with Crippen LogP contribution >= 0.6 is 0 Å². The number of nitrogens with one attached hydrogen (secondary N) is 1.